The Bertz CT molecular complexity index is 1000. The number of H-pyrrole nitrogens is 1. The first-order chi connectivity index (χ1) is 13.3. The summed E-state index contributed by atoms with van der Waals surface area (Å²) in [5, 5.41) is 18.8. The summed E-state index contributed by atoms with van der Waals surface area (Å²) in [6, 6.07) is 5.20. The second kappa shape index (κ2) is 7.81. The van der Waals surface area contributed by atoms with Crippen LogP contribution in [0.1, 0.15) is 28.9 Å². The lowest BCUT2D eigenvalue weighted by Crippen LogP contribution is -2.37. The highest BCUT2D eigenvalue weighted by molar-refractivity contribution is 6.00. The lowest BCUT2D eigenvalue weighted by molar-refractivity contribution is 0.0852. The molecule has 2 atom stereocenters. The summed E-state index contributed by atoms with van der Waals surface area (Å²) < 4.78 is 54.4. The minimum atomic E-state index is -1.35. The van der Waals surface area contributed by atoms with E-state index in [4.69, 9.17) is 0 Å². The third-order valence-corrected chi connectivity index (χ3v) is 4.21. The monoisotopic (exact) mass is 393 g/mol. The molecule has 2 unspecified atom stereocenters. The second-order valence-electron chi connectivity index (χ2n) is 6.14. The fourth-order valence-electron chi connectivity index (χ4n) is 2.73. The number of carbonyl (C=O) groups excluding carboxylic acids is 1. The van der Waals surface area contributed by atoms with Gasteiger partial charge in [0.1, 0.15) is 11.6 Å². The average Bonchev–Trinajstić information content (AvgIpc) is 3.12. The van der Waals surface area contributed by atoms with Crippen molar-refractivity contribution in [1.82, 2.24) is 15.5 Å². The first-order valence-electron chi connectivity index (χ1n) is 8.21. The van der Waals surface area contributed by atoms with Gasteiger partial charge in [-0.1, -0.05) is 12.1 Å². The van der Waals surface area contributed by atoms with E-state index in [1.165, 1.54) is 19.1 Å². The third-order valence-electron chi connectivity index (χ3n) is 4.21. The van der Waals surface area contributed by atoms with Gasteiger partial charge >= 0.3 is 0 Å². The molecule has 3 aromatic rings. The Hall–Kier alpha value is -3.20. The van der Waals surface area contributed by atoms with E-state index in [0.717, 1.165) is 30.5 Å². The zero-order valence-corrected chi connectivity index (χ0v) is 14.5. The number of carbonyl (C=O) groups is 1. The molecule has 0 saturated carbocycles. The van der Waals surface area contributed by atoms with Gasteiger partial charge in [0, 0.05) is 0 Å². The molecule has 3 rings (SSSR count). The predicted octanol–water partition coefficient (Wildman–Crippen LogP) is 3.49. The molecule has 0 radical (unpaired) electrons. The number of aromatic nitrogens is 2. The summed E-state index contributed by atoms with van der Waals surface area (Å²) in [5.41, 5.74) is -0.700. The van der Waals surface area contributed by atoms with E-state index in [9.17, 15) is 27.5 Å². The first-order valence-corrected chi connectivity index (χ1v) is 8.21. The van der Waals surface area contributed by atoms with Crippen LogP contribution in [0.4, 0.5) is 17.6 Å². The number of rotatable bonds is 5. The topological polar surface area (TPSA) is 78.0 Å². The maximum atomic E-state index is 14.0. The molecular weight excluding hydrogens is 378 g/mol. The molecule has 1 aromatic heterocycles. The van der Waals surface area contributed by atoms with Crippen molar-refractivity contribution in [1.29, 1.82) is 0 Å². The number of aliphatic hydroxyl groups excluding tert-OH is 1. The second-order valence-corrected chi connectivity index (χ2v) is 6.14. The SMILES string of the molecule is CC(NC(=O)c1cn[nH]c1-c1c(F)cccc1F)C(O)c1ccc(F)c(F)c1. The van der Waals surface area contributed by atoms with Gasteiger partial charge in [-0.3, -0.25) is 9.89 Å². The van der Waals surface area contributed by atoms with Gasteiger partial charge in [0.2, 0.25) is 0 Å². The summed E-state index contributed by atoms with van der Waals surface area (Å²) >= 11 is 0. The van der Waals surface area contributed by atoms with Gasteiger partial charge in [0.05, 0.1) is 35.2 Å². The van der Waals surface area contributed by atoms with Gasteiger partial charge in [-0.15, -0.1) is 0 Å². The summed E-state index contributed by atoms with van der Waals surface area (Å²) in [4.78, 5) is 12.5. The van der Waals surface area contributed by atoms with Crippen LogP contribution in [0.2, 0.25) is 0 Å². The minimum absolute atomic E-state index is 0.0549. The molecular formula is C19H15F4N3O2. The molecule has 0 bridgehead atoms. The van der Waals surface area contributed by atoms with E-state index in [0.29, 0.717) is 0 Å². The van der Waals surface area contributed by atoms with Crippen LogP contribution in [0.25, 0.3) is 11.3 Å². The average molecular weight is 393 g/mol. The van der Waals surface area contributed by atoms with Crippen molar-refractivity contribution in [3.63, 3.8) is 0 Å². The Labute approximate surface area is 157 Å². The van der Waals surface area contributed by atoms with Crippen molar-refractivity contribution < 1.29 is 27.5 Å². The maximum Gasteiger partial charge on any atom is 0.255 e. The molecule has 5 nitrogen and oxygen atoms in total. The van der Waals surface area contributed by atoms with E-state index in [-0.39, 0.29) is 16.8 Å². The third kappa shape index (κ3) is 3.74. The van der Waals surface area contributed by atoms with E-state index in [1.54, 1.807) is 0 Å². The molecule has 0 fully saturated rings. The Kier molecular flexibility index (Phi) is 5.46. The van der Waals surface area contributed by atoms with Crippen molar-refractivity contribution >= 4 is 5.91 Å². The minimum Gasteiger partial charge on any atom is -0.386 e. The quantitative estimate of drug-likeness (QED) is 0.581. The number of hydrogen-bond acceptors (Lipinski definition) is 3. The zero-order chi connectivity index (χ0) is 20.4. The number of nitrogens with one attached hydrogen (secondary N) is 2. The van der Waals surface area contributed by atoms with Crippen LogP contribution in [0.15, 0.2) is 42.6 Å². The summed E-state index contributed by atoms with van der Waals surface area (Å²) in [6.07, 6.45) is -0.257. The molecule has 0 spiro atoms. The standard InChI is InChI=1S/C19H15F4N3O2/c1-9(18(27)10-5-6-12(20)15(23)7-10)25-19(28)11-8-24-26-17(11)16-13(21)3-2-4-14(16)22/h2-9,18,27H,1H3,(H,24,26)(H,25,28). The molecule has 1 heterocycles. The lowest BCUT2D eigenvalue weighted by Gasteiger charge is -2.21. The summed E-state index contributed by atoms with van der Waals surface area (Å²) in [6.45, 7) is 1.44. The summed E-state index contributed by atoms with van der Waals surface area (Å²) in [7, 11) is 0. The lowest BCUT2D eigenvalue weighted by atomic mass is 10.0. The van der Waals surface area contributed by atoms with Gasteiger partial charge in [0.25, 0.3) is 5.91 Å². The van der Waals surface area contributed by atoms with Crippen LogP contribution in [-0.2, 0) is 0 Å². The van der Waals surface area contributed by atoms with E-state index in [2.05, 4.69) is 15.5 Å². The maximum absolute atomic E-state index is 14.0. The molecule has 0 aliphatic carbocycles. The zero-order valence-electron chi connectivity index (χ0n) is 14.5. The number of benzene rings is 2. The van der Waals surface area contributed by atoms with Gasteiger partial charge < -0.3 is 10.4 Å². The molecule has 28 heavy (non-hydrogen) atoms. The number of aliphatic hydroxyl groups is 1. The Balaban J connectivity index is 1.82. The molecule has 0 saturated heterocycles. The van der Waals surface area contributed by atoms with Gasteiger partial charge in [-0.05, 0) is 36.8 Å². The molecule has 0 aliphatic rings. The highest BCUT2D eigenvalue weighted by Crippen LogP contribution is 2.27. The molecule has 0 aliphatic heterocycles. The largest absolute Gasteiger partial charge is 0.386 e. The number of hydrogen-bond donors (Lipinski definition) is 3. The van der Waals surface area contributed by atoms with Gasteiger partial charge in [-0.25, -0.2) is 17.6 Å². The summed E-state index contributed by atoms with van der Waals surface area (Å²) in [5.74, 6) is -4.73. The van der Waals surface area contributed by atoms with Crippen LogP contribution >= 0.6 is 0 Å². The van der Waals surface area contributed by atoms with Crippen molar-refractivity contribution in [3.05, 3.63) is 77.0 Å². The highest BCUT2D eigenvalue weighted by atomic mass is 19.2. The highest BCUT2D eigenvalue weighted by Gasteiger charge is 2.25. The molecule has 1 amide bonds. The smallest absolute Gasteiger partial charge is 0.255 e. The van der Waals surface area contributed by atoms with Crippen molar-refractivity contribution in [2.75, 3.05) is 0 Å². The molecule has 146 valence electrons. The Morgan fingerprint density at radius 2 is 1.75 bits per heavy atom. The van der Waals surface area contributed by atoms with Crippen LogP contribution in [0.5, 0.6) is 0 Å². The van der Waals surface area contributed by atoms with Crippen molar-refractivity contribution in [2.24, 2.45) is 0 Å². The van der Waals surface area contributed by atoms with Crippen molar-refractivity contribution in [2.45, 2.75) is 19.1 Å². The van der Waals surface area contributed by atoms with Crippen molar-refractivity contribution in [3.8, 4) is 11.3 Å². The number of halogens is 4. The first kappa shape index (κ1) is 19.6. The van der Waals surface area contributed by atoms with Crippen LogP contribution in [0.3, 0.4) is 0 Å². The number of aromatic amines is 1. The fourth-order valence-corrected chi connectivity index (χ4v) is 2.73. The van der Waals surface area contributed by atoms with E-state index >= 15 is 0 Å². The van der Waals surface area contributed by atoms with Crippen LogP contribution < -0.4 is 5.32 Å². The Morgan fingerprint density at radius 1 is 1.07 bits per heavy atom. The number of nitrogens with zero attached hydrogens (tertiary/aromatic N) is 1. The van der Waals surface area contributed by atoms with Gasteiger partial charge in [-0.2, -0.15) is 5.10 Å². The fraction of sp³-hybridized carbons (Fsp3) is 0.158. The predicted molar refractivity (Wildman–Crippen MR) is 92.2 cm³/mol. The van der Waals surface area contributed by atoms with Crippen LogP contribution in [-0.4, -0.2) is 27.3 Å². The normalized spacial score (nSPS) is 13.2. The molecule has 3 N–H and O–H groups in total. The van der Waals surface area contributed by atoms with E-state index in [1.807, 2.05) is 0 Å². The van der Waals surface area contributed by atoms with E-state index < -0.39 is 46.9 Å². The molecule has 9 heteroatoms. The van der Waals surface area contributed by atoms with Crippen LogP contribution in [0, 0.1) is 23.3 Å². The number of amides is 1. The van der Waals surface area contributed by atoms with Gasteiger partial charge in [0.15, 0.2) is 11.6 Å². The Morgan fingerprint density at radius 3 is 2.39 bits per heavy atom. The molecule has 2 aromatic carbocycles.